The first-order chi connectivity index (χ1) is 9.56. The minimum absolute atomic E-state index is 0.136. The SMILES string of the molecule is COCCn1c(N)c(NC2CC(OC)C2)c(=O)[nH]c1=O. The molecule has 1 heterocycles. The van der Waals surface area contributed by atoms with Crippen molar-refractivity contribution in [1.82, 2.24) is 9.55 Å². The fourth-order valence-corrected chi connectivity index (χ4v) is 2.21. The van der Waals surface area contributed by atoms with E-state index in [4.69, 9.17) is 15.2 Å². The zero-order valence-electron chi connectivity index (χ0n) is 11.6. The van der Waals surface area contributed by atoms with E-state index in [9.17, 15) is 9.59 Å². The molecule has 0 atom stereocenters. The van der Waals surface area contributed by atoms with Crippen LogP contribution < -0.4 is 22.3 Å². The summed E-state index contributed by atoms with van der Waals surface area (Å²) in [6.07, 6.45) is 1.84. The maximum absolute atomic E-state index is 11.8. The molecule has 1 aromatic heterocycles. The number of aromatic amines is 1. The summed E-state index contributed by atoms with van der Waals surface area (Å²) in [7, 11) is 3.19. The number of aromatic nitrogens is 2. The van der Waals surface area contributed by atoms with Crippen molar-refractivity contribution in [3.8, 4) is 0 Å². The maximum atomic E-state index is 11.8. The third-order valence-corrected chi connectivity index (χ3v) is 3.54. The second-order valence-corrected chi connectivity index (χ2v) is 4.83. The van der Waals surface area contributed by atoms with Gasteiger partial charge in [-0.3, -0.25) is 14.3 Å². The molecule has 0 radical (unpaired) electrons. The van der Waals surface area contributed by atoms with E-state index in [2.05, 4.69) is 10.3 Å². The Kier molecular flexibility index (Phi) is 4.46. The number of anilines is 2. The summed E-state index contributed by atoms with van der Waals surface area (Å²) in [6, 6.07) is 0.136. The first-order valence-electron chi connectivity index (χ1n) is 6.47. The van der Waals surface area contributed by atoms with Gasteiger partial charge in [0.1, 0.15) is 11.5 Å². The van der Waals surface area contributed by atoms with Gasteiger partial charge < -0.3 is 20.5 Å². The van der Waals surface area contributed by atoms with Gasteiger partial charge in [-0.05, 0) is 12.8 Å². The van der Waals surface area contributed by atoms with Gasteiger partial charge in [-0.25, -0.2) is 4.79 Å². The Morgan fingerprint density at radius 3 is 2.70 bits per heavy atom. The standard InChI is InChI=1S/C12H20N4O4/c1-19-4-3-16-10(13)9(11(17)15-12(16)18)14-7-5-8(6-7)20-2/h7-8,14H,3-6,13H2,1-2H3,(H,15,17,18). The van der Waals surface area contributed by atoms with Gasteiger partial charge in [-0.1, -0.05) is 0 Å². The average Bonchev–Trinajstić information content (AvgIpc) is 2.36. The van der Waals surface area contributed by atoms with Gasteiger partial charge in [0.05, 0.1) is 19.3 Å². The molecule has 1 aliphatic rings. The summed E-state index contributed by atoms with van der Waals surface area (Å²) in [4.78, 5) is 25.8. The zero-order valence-corrected chi connectivity index (χ0v) is 11.6. The molecule has 0 amide bonds. The van der Waals surface area contributed by atoms with Gasteiger partial charge in [-0.15, -0.1) is 0 Å². The highest BCUT2D eigenvalue weighted by Gasteiger charge is 2.30. The summed E-state index contributed by atoms with van der Waals surface area (Å²) in [5.41, 5.74) is 5.12. The molecule has 8 heteroatoms. The minimum atomic E-state index is -0.529. The zero-order chi connectivity index (χ0) is 14.7. The molecular formula is C12H20N4O4. The van der Waals surface area contributed by atoms with Crippen molar-refractivity contribution >= 4 is 11.5 Å². The number of nitrogen functional groups attached to an aromatic ring is 1. The molecule has 4 N–H and O–H groups in total. The fraction of sp³-hybridized carbons (Fsp3) is 0.667. The van der Waals surface area contributed by atoms with Gasteiger partial charge in [0.15, 0.2) is 0 Å². The molecule has 8 nitrogen and oxygen atoms in total. The van der Waals surface area contributed by atoms with Crippen LogP contribution in [0.1, 0.15) is 12.8 Å². The molecule has 2 rings (SSSR count). The lowest BCUT2D eigenvalue weighted by atomic mass is 9.89. The highest BCUT2D eigenvalue weighted by Crippen LogP contribution is 2.26. The van der Waals surface area contributed by atoms with Crippen LogP contribution in [0.25, 0.3) is 0 Å². The molecule has 1 aromatic rings. The van der Waals surface area contributed by atoms with Crippen LogP contribution in [0.3, 0.4) is 0 Å². The monoisotopic (exact) mass is 284 g/mol. The third-order valence-electron chi connectivity index (χ3n) is 3.54. The predicted molar refractivity (Wildman–Crippen MR) is 75.1 cm³/mol. The van der Waals surface area contributed by atoms with E-state index in [1.807, 2.05) is 0 Å². The second kappa shape index (κ2) is 6.10. The topological polar surface area (TPSA) is 111 Å². The number of methoxy groups -OCH3 is 2. The number of nitrogens with zero attached hydrogens (tertiary/aromatic N) is 1. The van der Waals surface area contributed by atoms with Crippen molar-refractivity contribution < 1.29 is 9.47 Å². The normalized spacial score (nSPS) is 21.5. The lowest BCUT2D eigenvalue weighted by Gasteiger charge is -2.35. The number of nitrogens with two attached hydrogens (primary N) is 1. The van der Waals surface area contributed by atoms with Gasteiger partial charge >= 0.3 is 5.69 Å². The predicted octanol–water partition coefficient (Wildman–Crippen LogP) is -0.645. The van der Waals surface area contributed by atoms with Crippen molar-refractivity contribution in [1.29, 1.82) is 0 Å². The third kappa shape index (κ3) is 2.86. The van der Waals surface area contributed by atoms with Crippen LogP contribution in [0.2, 0.25) is 0 Å². The molecule has 1 aliphatic carbocycles. The summed E-state index contributed by atoms with van der Waals surface area (Å²) < 4.78 is 11.4. The van der Waals surface area contributed by atoms with E-state index in [1.165, 1.54) is 11.7 Å². The Bertz CT molecular complexity index is 574. The number of hydrogen-bond donors (Lipinski definition) is 3. The van der Waals surface area contributed by atoms with Gasteiger partial charge in [0.25, 0.3) is 5.56 Å². The average molecular weight is 284 g/mol. The van der Waals surface area contributed by atoms with Crippen LogP contribution in [0.5, 0.6) is 0 Å². The smallest absolute Gasteiger partial charge is 0.330 e. The summed E-state index contributed by atoms with van der Waals surface area (Å²) in [6.45, 7) is 0.628. The first-order valence-corrected chi connectivity index (χ1v) is 6.47. The molecule has 0 unspecified atom stereocenters. The highest BCUT2D eigenvalue weighted by molar-refractivity contribution is 5.61. The quantitative estimate of drug-likeness (QED) is 0.640. The molecule has 0 aliphatic heterocycles. The Labute approximate surface area is 115 Å². The molecule has 0 saturated heterocycles. The molecular weight excluding hydrogens is 264 g/mol. The molecule has 1 saturated carbocycles. The highest BCUT2D eigenvalue weighted by atomic mass is 16.5. The molecule has 0 aromatic carbocycles. The number of ether oxygens (including phenoxy) is 2. The fourth-order valence-electron chi connectivity index (χ4n) is 2.21. The number of nitrogens with one attached hydrogen (secondary N) is 2. The van der Waals surface area contributed by atoms with E-state index in [0.717, 1.165) is 12.8 Å². The largest absolute Gasteiger partial charge is 0.383 e. The van der Waals surface area contributed by atoms with Crippen LogP contribution in [0.4, 0.5) is 11.5 Å². The molecule has 112 valence electrons. The Morgan fingerprint density at radius 1 is 1.40 bits per heavy atom. The van der Waals surface area contributed by atoms with Gasteiger partial charge in [0, 0.05) is 20.3 Å². The van der Waals surface area contributed by atoms with Crippen molar-refractivity contribution in [2.75, 3.05) is 31.9 Å². The first kappa shape index (κ1) is 14.6. The van der Waals surface area contributed by atoms with Crippen molar-refractivity contribution in [2.45, 2.75) is 31.5 Å². The Hall–Kier alpha value is -1.80. The second-order valence-electron chi connectivity index (χ2n) is 4.83. The van der Waals surface area contributed by atoms with Crippen molar-refractivity contribution in [3.63, 3.8) is 0 Å². The summed E-state index contributed by atoms with van der Waals surface area (Å²) in [5, 5.41) is 3.07. The summed E-state index contributed by atoms with van der Waals surface area (Å²) in [5.74, 6) is 0.136. The van der Waals surface area contributed by atoms with Crippen LogP contribution in [0.15, 0.2) is 9.59 Å². The number of H-pyrrole nitrogens is 1. The Morgan fingerprint density at radius 2 is 2.10 bits per heavy atom. The maximum Gasteiger partial charge on any atom is 0.330 e. The van der Waals surface area contributed by atoms with E-state index >= 15 is 0 Å². The minimum Gasteiger partial charge on any atom is -0.383 e. The number of rotatable bonds is 6. The van der Waals surface area contributed by atoms with E-state index in [0.29, 0.717) is 6.61 Å². The van der Waals surface area contributed by atoms with Gasteiger partial charge in [-0.2, -0.15) is 0 Å². The van der Waals surface area contributed by atoms with Crippen LogP contribution in [-0.2, 0) is 16.0 Å². The van der Waals surface area contributed by atoms with Crippen LogP contribution in [0, 0.1) is 0 Å². The molecule has 20 heavy (non-hydrogen) atoms. The molecule has 0 bridgehead atoms. The lowest BCUT2D eigenvalue weighted by Crippen LogP contribution is -2.43. The van der Waals surface area contributed by atoms with Crippen molar-refractivity contribution in [2.24, 2.45) is 0 Å². The van der Waals surface area contributed by atoms with Crippen molar-refractivity contribution in [3.05, 3.63) is 20.8 Å². The molecule has 0 spiro atoms. The van der Waals surface area contributed by atoms with Gasteiger partial charge in [0.2, 0.25) is 0 Å². The molecule has 1 fully saturated rings. The lowest BCUT2D eigenvalue weighted by molar-refractivity contribution is 0.0328. The van der Waals surface area contributed by atoms with E-state index in [-0.39, 0.29) is 30.2 Å². The van der Waals surface area contributed by atoms with Crippen LogP contribution >= 0.6 is 0 Å². The van der Waals surface area contributed by atoms with E-state index in [1.54, 1.807) is 7.11 Å². The Balaban J connectivity index is 2.20. The van der Waals surface area contributed by atoms with Crippen LogP contribution in [-0.4, -0.2) is 42.5 Å². The summed E-state index contributed by atoms with van der Waals surface area (Å²) >= 11 is 0. The number of hydrogen-bond acceptors (Lipinski definition) is 6. The van der Waals surface area contributed by atoms with E-state index < -0.39 is 11.2 Å².